The number of nitrogens with zero attached hydrogens (tertiary/aromatic N) is 1. The third-order valence-corrected chi connectivity index (χ3v) is 7.98. The summed E-state index contributed by atoms with van der Waals surface area (Å²) in [6, 6.07) is 12.5. The average Bonchev–Trinajstić information content (AvgIpc) is 3.53. The number of hydrogen-bond donors (Lipinski definition) is 3. The first-order valence-electron chi connectivity index (χ1n) is 9.80. The molecule has 0 amide bonds. The molecule has 1 saturated carbocycles. The number of benzene rings is 2. The number of aromatic hydroxyl groups is 1. The Balaban J connectivity index is 1.66. The maximum absolute atomic E-state index is 14.4. The van der Waals surface area contributed by atoms with Crippen molar-refractivity contribution in [1.82, 2.24) is 4.57 Å². The maximum Gasteiger partial charge on any atom is 0.254 e. The fraction of sp³-hybridized carbons (Fsp3) is 0.227. The van der Waals surface area contributed by atoms with Crippen molar-refractivity contribution in [3.63, 3.8) is 0 Å². The van der Waals surface area contributed by atoms with Crippen LogP contribution in [0.25, 0.3) is 0 Å². The van der Waals surface area contributed by atoms with Gasteiger partial charge in [-0.1, -0.05) is 12.1 Å². The summed E-state index contributed by atoms with van der Waals surface area (Å²) < 4.78 is 45.1. The SMILES string of the molecule is Cc1cc(NS(=O)(=O)C2CC2c2ccc(O)cc2)c(Nc2ccc(I)cc2F)n(C)c1=O. The first kappa shape index (κ1) is 22.6. The predicted octanol–water partition coefficient (Wildman–Crippen LogP) is 4.18. The quantitative estimate of drug-likeness (QED) is 0.387. The van der Waals surface area contributed by atoms with E-state index in [2.05, 4.69) is 10.0 Å². The van der Waals surface area contributed by atoms with Gasteiger partial charge in [0.1, 0.15) is 17.4 Å². The zero-order valence-corrected chi connectivity index (χ0v) is 20.2. The minimum atomic E-state index is -3.79. The van der Waals surface area contributed by atoms with Crippen molar-refractivity contribution in [2.24, 2.45) is 7.05 Å². The van der Waals surface area contributed by atoms with Crippen LogP contribution in [0.5, 0.6) is 5.75 Å². The molecule has 4 rings (SSSR count). The van der Waals surface area contributed by atoms with Gasteiger partial charge in [0.25, 0.3) is 5.56 Å². The highest BCUT2D eigenvalue weighted by Crippen LogP contribution is 2.47. The fourth-order valence-electron chi connectivity index (χ4n) is 3.66. The number of anilines is 3. The molecule has 1 aliphatic rings. The lowest BCUT2D eigenvalue weighted by molar-refractivity contribution is 0.475. The van der Waals surface area contributed by atoms with Gasteiger partial charge < -0.3 is 10.4 Å². The standard InChI is InChI=1S/C22H21FIN3O4S/c1-12-9-19(21(27(2)22(12)29)25-18-8-5-14(24)10-17(18)23)26-32(30,31)20-11-16(20)13-3-6-15(28)7-4-13/h3-10,16,20,25-26,28H,11H2,1-2H3. The van der Waals surface area contributed by atoms with Gasteiger partial charge >= 0.3 is 0 Å². The molecule has 32 heavy (non-hydrogen) atoms. The second-order valence-electron chi connectivity index (χ2n) is 7.82. The van der Waals surface area contributed by atoms with E-state index in [4.69, 9.17) is 0 Å². The van der Waals surface area contributed by atoms with Gasteiger partial charge in [-0.2, -0.15) is 0 Å². The van der Waals surface area contributed by atoms with Crippen LogP contribution >= 0.6 is 22.6 Å². The maximum atomic E-state index is 14.4. The first-order chi connectivity index (χ1) is 15.1. The molecular weight excluding hydrogens is 548 g/mol. The molecule has 0 saturated heterocycles. The van der Waals surface area contributed by atoms with Crippen LogP contribution in [0, 0.1) is 16.3 Å². The predicted molar refractivity (Wildman–Crippen MR) is 131 cm³/mol. The van der Waals surface area contributed by atoms with Crippen LogP contribution in [0.4, 0.5) is 21.6 Å². The highest BCUT2D eigenvalue weighted by Gasteiger charge is 2.48. The lowest BCUT2D eigenvalue weighted by atomic mass is 10.1. The van der Waals surface area contributed by atoms with Crippen molar-refractivity contribution < 1.29 is 17.9 Å². The first-order valence-corrected chi connectivity index (χ1v) is 12.4. The molecule has 0 bridgehead atoms. The highest BCUT2D eigenvalue weighted by molar-refractivity contribution is 14.1. The summed E-state index contributed by atoms with van der Waals surface area (Å²) >= 11 is 1.99. The summed E-state index contributed by atoms with van der Waals surface area (Å²) in [6.07, 6.45) is 0.444. The van der Waals surface area contributed by atoms with Crippen molar-refractivity contribution in [2.75, 3.05) is 10.0 Å². The molecule has 168 valence electrons. The number of nitrogens with one attached hydrogen (secondary N) is 2. The van der Waals surface area contributed by atoms with Crippen LogP contribution in [-0.2, 0) is 17.1 Å². The number of hydrogen-bond acceptors (Lipinski definition) is 5. The summed E-state index contributed by atoms with van der Waals surface area (Å²) in [5.74, 6) is -0.447. The second-order valence-corrected chi connectivity index (χ2v) is 11.0. The van der Waals surface area contributed by atoms with Crippen LogP contribution < -0.4 is 15.6 Å². The Morgan fingerprint density at radius 3 is 2.47 bits per heavy atom. The summed E-state index contributed by atoms with van der Waals surface area (Å²) in [5, 5.41) is 11.7. The molecule has 2 unspecified atom stereocenters. The molecule has 1 heterocycles. The number of phenols is 1. The largest absolute Gasteiger partial charge is 0.508 e. The molecule has 7 nitrogen and oxygen atoms in total. The van der Waals surface area contributed by atoms with Gasteiger partial charge in [0, 0.05) is 22.1 Å². The van der Waals surface area contributed by atoms with E-state index >= 15 is 0 Å². The number of halogens is 2. The monoisotopic (exact) mass is 569 g/mol. The normalized spacial score (nSPS) is 17.8. The Bertz CT molecular complexity index is 1360. The van der Waals surface area contributed by atoms with Crippen molar-refractivity contribution >= 4 is 49.8 Å². The Morgan fingerprint density at radius 1 is 1.12 bits per heavy atom. The van der Waals surface area contributed by atoms with Crippen LogP contribution in [0.2, 0.25) is 0 Å². The lowest BCUT2D eigenvalue weighted by Gasteiger charge is -2.19. The van der Waals surface area contributed by atoms with Crippen molar-refractivity contribution in [3.8, 4) is 5.75 Å². The van der Waals surface area contributed by atoms with E-state index in [0.29, 0.717) is 15.6 Å². The van der Waals surface area contributed by atoms with Gasteiger partial charge in [-0.3, -0.25) is 14.1 Å². The van der Waals surface area contributed by atoms with Crippen LogP contribution in [0.3, 0.4) is 0 Å². The number of pyridine rings is 1. The number of rotatable bonds is 6. The summed E-state index contributed by atoms with van der Waals surface area (Å²) in [5.41, 5.74) is 1.14. The van der Waals surface area contributed by atoms with Crippen LogP contribution in [-0.4, -0.2) is 23.3 Å². The lowest BCUT2D eigenvalue weighted by Crippen LogP contribution is -2.26. The molecule has 10 heteroatoms. The Labute approximate surface area is 198 Å². The third-order valence-electron chi connectivity index (χ3n) is 5.48. The van der Waals surface area contributed by atoms with Crippen molar-refractivity contribution in [2.45, 2.75) is 24.5 Å². The number of phenolic OH excluding ortho intramolecular Hbond substituents is 1. The molecule has 0 radical (unpaired) electrons. The van der Waals surface area contributed by atoms with E-state index in [0.717, 1.165) is 5.56 Å². The Hall–Kier alpha value is -2.60. The van der Waals surface area contributed by atoms with E-state index in [9.17, 15) is 22.7 Å². The van der Waals surface area contributed by atoms with E-state index < -0.39 is 21.1 Å². The van der Waals surface area contributed by atoms with E-state index in [1.165, 1.54) is 41.9 Å². The molecule has 1 aromatic heterocycles. The van der Waals surface area contributed by atoms with Crippen LogP contribution in [0.15, 0.2) is 53.3 Å². The number of aryl methyl sites for hydroxylation is 1. The smallest absolute Gasteiger partial charge is 0.254 e. The molecular formula is C22H21FIN3O4S. The minimum absolute atomic E-state index is 0.117. The van der Waals surface area contributed by atoms with Gasteiger partial charge in [-0.05, 0) is 77.9 Å². The molecule has 3 N–H and O–H groups in total. The average molecular weight is 569 g/mol. The van der Waals surface area contributed by atoms with Gasteiger partial charge in [-0.25, -0.2) is 12.8 Å². The van der Waals surface area contributed by atoms with Gasteiger partial charge in [0.15, 0.2) is 0 Å². The topological polar surface area (TPSA) is 100 Å². The van der Waals surface area contributed by atoms with Crippen molar-refractivity contribution in [1.29, 1.82) is 0 Å². The van der Waals surface area contributed by atoms with Crippen LogP contribution in [0.1, 0.15) is 23.5 Å². The molecule has 0 spiro atoms. The van der Waals surface area contributed by atoms with Crippen molar-refractivity contribution in [3.05, 3.63) is 79.4 Å². The van der Waals surface area contributed by atoms with E-state index in [-0.39, 0.29) is 34.4 Å². The minimum Gasteiger partial charge on any atom is -0.508 e. The third kappa shape index (κ3) is 4.46. The zero-order chi connectivity index (χ0) is 23.2. The Morgan fingerprint density at radius 2 is 1.81 bits per heavy atom. The zero-order valence-electron chi connectivity index (χ0n) is 17.3. The number of aromatic nitrogens is 1. The molecule has 0 aliphatic heterocycles. The molecule has 2 atom stereocenters. The molecule has 1 aliphatic carbocycles. The van der Waals surface area contributed by atoms with Gasteiger partial charge in [0.2, 0.25) is 10.0 Å². The molecule has 1 fully saturated rings. The Kier molecular flexibility index (Phi) is 5.93. The molecule has 2 aromatic carbocycles. The summed E-state index contributed by atoms with van der Waals surface area (Å²) in [7, 11) is -2.29. The molecule has 3 aromatic rings. The summed E-state index contributed by atoms with van der Waals surface area (Å²) in [4.78, 5) is 12.5. The van der Waals surface area contributed by atoms with E-state index in [1.54, 1.807) is 25.1 Å². The fourth-order valence-corrected chi connectivity index (χ4v) is 5.77. The summed E-state index contributed by atoms with van der Waals surface area (Å²) in [6.45, 7) is 1.59. The second kappa shape index (κ2) is 8.39. The van der Waals surface area contributed by atoms with E-state index in [1.807, 2.05) is 22.6 Å². The highest BCUT2D eigenvalue weighted by atomic mass is 127. The van der Waals surface area contributed by atoms with Gasteiger partial charge in [0.05, 0.1) is 16.6 Å². The van der Waals surface area contributed by atoms with Gasteiger partial charge in [-0.15, -0.1) is 0 Å². The number of sulfonamides is 1.